The van der Waals surface area contributed by atoms with E-state index >= 15 is 0 Å². The maximum atomic E-state index is 11.6. The van der Waals surface area contributed by atoms with Gasteiger partial charge in [0.05, 0.1) is 15.8 Å². The molecule has 0 atom stereocenters. The van der Waals surface area contributed by atoms with Gasteiger partial charge in [0.2, 0.25) is 0 Å². The minimum Gasteiger partial charge on any atom is -0.392 e. The maximum Gasteiger partial charge on any atom is 0.328 e. The monoisotopic (exact) mass is 236 g/mol. The van der Waals surface area contributed by atoms with Crippen LogP contribution in [0.4, 0.5) is 11.4 Å². The zero-order valence-electron chi connectivity index (χ0n) is 8.76. The van der Waals surface area contributed by atoms with E-state index in [1.165, 1.54) is 13.1 Å². The smallest absolute Gasteiger partial charge is 0.328 e. The number of benzene rings is 1. The molecule has 8 nitrogen and oxygen atoms in total. The summed E-state index contributed by atoms with van der Waals surface area (Å²) >= 11 is 0. The van der Waals surface area contributed by atoms with Crippen molar-refractivity contribution in [3.8, 4) is 0 Å². The van der Waals surface area contributed by atoms with E-state index < -0.39 is 16.2 Å². The Labute approximate surface area is 93.4 Å². The molecule has 88 valence electrons. The Morgan fingerprint density at radius 1 is 1.41 bits per heavy atom. The number of aromatic nitrogens is 2. The van der Waals surface area contributed by atoms with Crippen molar-refractivity contribution in [3.63, 3.8) is 0 Å². The van der Waals surface area contributed by atoms with Crippen molar-refractivity contribution in [1.29, 1.82) is 0 Å². The molecule has 1 aromatic heterocycles. The number of fused-ring (bicyclic) bond motifs is 1. The molecule has 1 heterocycles. The maximum absolute atomic E-state index is 11.6. The van der Waals surface area contributed by atoms with Crippen LogP contribution in [-0.4, -0.2) is 14.5 Å². The number of aryl methyl sites for hydroxylation is 1. The SMILES string of the molecule is Cn1c(=O)[nH]c(=O)c2c(N)c([N+](=O)[O-])ccc21. The highest BCUT2D eigenvalue weighted by molar-refractivity contribution is 5.94. The van der Waals surface area contributed by atoms with Gasteiger partial charge in [-0.2, -0.15) is 0 Å². The Hall–Kier alpha value is -2.64. The van der Waals surface area contributed by atoms with Gasteiger partial charge in [-0.25, -0.2) is 4.79 Å². The summed E-state index contributed by atoms with van der Waals surface area (Å²) in [6, 6.07) is 2.48. The summed E-state index contributed by atoms with van der Waals surface area (Å²) < 4.78 is 1.16. The topological polar surface area (TPSA) is 124 Å². The van der Waals surface area contributed by atoms with Gasteiger partial charge in [0, 0.05) is 13.1 Å². The summed E-state index contributed by atoms with van der Waals surface area (Å²) in [5.41, 5.74) is 3.88. The Kier molecular flexibility index (Phi) is 2.20. The van der Waals surface area contributed by atoms with Crippen LogP contribution >= 0.6 is 0 Å². The van der Waals surface area contributed by atoms with E-state index in [4.69, 9.17) is 5.73 Å². The number of H-pyrrole nitrogens is 1. The lowest BCUT2D eigenvalue weighted by atomic mass is 10.2. The van der Waals surface area contributed by atoms with E-state index in [2.05, 4.69) is 0 Å². The average molecular weight is 236 g/mol. The van der Waals surface area contributed by atoms with Crippen molar-refractivity contribution in [1.82, 2.24) is 9.55 Å². The fourth-order valence-corrected chi connectivity index (χ4v) is 1.63. The van der Waals surface area contributed by atoms with Crippen molar-refractivity contribution >= 4 is 22.3 Å². The van der Waals surface area contributed by atoms with Crippen molar-refractivity contribution < 1.29 is 4.92 Å². The number of hydrogen-bond acceptors (Lipinski definition) is 5. The minimum absolute atomic E-state index is 0.0544. The second-order valence-corrected chi connectivity index (χ2v) is 3.47. The quantitative estimate of drug-likeness (QED) is 0.400. The predicted octanol–water partition coefficient (Wildman–Crippen LogP) is -0.283. The van der Waals surface area contributed by atoms with Crippen LogP contribution in [0.2, 0.25) is 0 Å². The van der Waals surface area contributed by atoms with E-state index in [0.717, 1.165) is 10.6 Å². The van der Waals surface area contributed by atoms with Crippen LogP contribution in [0.3, 0.4) is 0 Å². The van der Waals surface area contributed by atoms with Gasteiger partial charge in [-0.3, -0.25) is 24.5 Å². The van der Waals surface area contributed by atoms with E-state index in [0.29, 0.717) is 0 Å². The molecule has 0 spiro atoms. The number of nitro groups is 1. The molecule has 0 aliphatic carbocycles. The van der Waals surface area contributed by atoms with Crippen molar-refractivity contribution in [3.05, 3.63) is 43.1 Å². The van der Waals surface area contributed by atoms with Crippen LogP contribution in [0.1, 0.15) is 0 Å². The number of nitro benzene ring substituents is 1. The standard InChI is InChI=1S/C9H8N4O4/c1-12-4-2-3-5(13(16)17)7(10)6(4)8(14)11-9(12)15/h2-3H,10H2,1H3,(H,11,14,15). The zero-order chi connectivity index (χ0) is 12.7. The van der Waals surface area contributed by atoms with Gasteiger partial charge in [-0.1, -0.05) is 0 Å². The fourth-order valence-electron chi connectivity index (χ4n) is 1.63. The van der Waals surface area contributed by atoms with Gasteiger partial charge in [0.15, 0.2) is 0 Å². The zero-order valence-corrected chi connectivity index (χ0v) is 8.76. The van der Waals surface area contributed by atoms with E-state index in [1.807, 2.05) is 4.98 Å². The van der Waals surface area contributed by atoms with E-state index in [1.54, 1.807) is 0 Å². The van der Waals surface area contributed by atoms with Crippen LogP contribution in [0.15, 0.2) is 21.7 Å². The van der Waals surface area contributed by atoms with Crippen molar-refractivity contribution in [2.45, 2.75) is 0 Å². The summed E-state index contributed by atoms with van der Waals surface area (Å²) in [6.07, 6.45) is 0. The number of nitrogen functional groups attached to an aromatic ring is 1. The van der Waals surface area contributed by atoms with E-state index in [9.17, 15) is 19.7 Å². The third kappa shape index (κ3) is 1.46. The number of hydrogen-bond donors (Lipinski definition) is 2. The molecule has 0 saturated carbocycles. The molecule has 0 unspecified atom stereocenters. The van der Waals surface area contributed by atoms with Gasteiger partial charge in [0.25, 0.3) is 11.2 Å². The molecule has 0 bridgehead atoms. The molecule has 2 aromatic rings. The molecule has 0 fully saturated rings. The first-order valence-electron chi connectivity index (χ1n) is 4.59. The largest absolute Gasteiger partial charge is 0.392 e. The molecule has 0 radical (unpaired) electrons. The number of aromatic amines is 1. The number of anilines is 1. The van der Waals surface area contributed by atoms with Gasteiger partial charge in [0.1, 0.15) is 5.69 Å². The Balaban J connectivity index is 3.07. The second-order valence-electron chi connectivity index (χ2n) is 3.47. The summed E-state index contributed by atoms with van der Waals surface area (Å²) in [6.45, 7) is 0. The average Bonchev–Trinajstić information content (AvgIpc) is 2.25. The Bertz CT molecular complexity index is 743. The first-order chi connectivity index (χ1) is 7.93. The van der Waals surface area contributed by atoms with E-state index in [-0.39, 0.29) is 22.3 Å². The molecular weight excluding hydrogens is 228 g/mol. The molecule has 8 heteroatoms. The van der Waals surface area contributed by atoms with Gasteiger partial charge < -0.3 is 5.73 Å². The molecule has 1 aromatic carbocycles. The summed E-state index contributed by atoms with van der Waals surface area (Å²) in [4.78, 5) is 34.9. The molecule has 0 aliphatic heterocycles. The summed E-state index contributed by atoms with van der Waals surface area (Å²) in [7, 11) is 1.44. The highest BCUT2D eigenvalue weighted by atomic mass is 16.6. The summed E-state index contributed by atoms with van der Waals surface area (Å²) in [5.74, 6) is 0. The van der Waals surface area contributed by atoms with Crippen molar-refractivity contribution in [2.24, 2.45) is 7.05 Å². The number of nitrogens with zero attached hydrogens (tertiary/aromatic N) is 2. The lowest BCUT2D eigenvalue weighted by Gasteiger charge is -2.05. The third-order valence-corrected chi connectivity index (χ3v) is 2.51. The van der Waals surface area contributed by atoms with Crippen LogP contribution in [0, 0.1) is 10.1 Å². The molecule has 0 amide bonds. The first-order valence-corrected chi connectivity index (χ1v) is 4.59. The molecule has 3 N–H and O–H groups in total. The predicted molar refractivity (Wildman–Crippen MR) is 60.9 cm³/mol. The highest BCUT2D eigenvalue weighted by Crippen LogP contribution is 2.26. The second kappa shape index (κ2) is 3.44. The van der Waals surface area contributed by atoms with Crippen LogP contribution in [0.25, 0.3) is 10.9 Å². The van der Waals surface area contributed by atoms with Crippen molar-refractivity contribution in [2.75, 3.05) is 5.73 Å². The lowest BCUT2D eigenvalue weighted by Crippen LogP contribution is -2.29. The Morgan fingerprint density at radius 3 is 2.65 bits per heavy atom. The van der Waals surface area contributed by atoms with Gasteiger partial charge in [-0.15, -0.1) is 0 Å². The number of rotatable bonds is 1. The first kappa shape index (κ1) is 10.9. The molecule has 2 rings (SSSR count). The van der Waals surface area contributed by atoms with Crippen LogP contribution < -0.4 is 17.0 Å². The highest BCUT2D eigenvalue weighted by Gasteiger charge is 2.17. The minimum atomic E-state index is -0.732. The molecule has 0 aliphatic rings. The normalized spacial score (nSPS) is 10.6. The number of nitrogens with one attached hydrogen (secondary N) is 1. The lowest BCUT2D eigenvalue weighted by molar-refractivity contribution is -0.383. The van der Waals surface area contributed by atoms with Gasteiger partial charge in [-0.05, 0) is 6.07 Å². The van der Waals surface area contributed by atoms with Crippen LogP contribution in [0.5, 0.6) is 0 Å². The van der Waals surface area contributed by atoms with Gasteiger partial charge >= 0.3 is 5.69 Å². The molecule has 0 saturated heterocycles. The van der Waals surface area contributed by atoms with Crippen LogP contribution in [-0.2, 0) is 7.05 Å². The Morgan fingerprint density at radius 2 is 2.06 bits per heavy atom. The summed E-state index contributed by atoms with van der Waals surface area (Å²) in [5, 5.41) is 10.6. The molecular formula is C9H8N4O4. The number of nitrogens with two attached hydrogens (primary N) is 1. The third-order valence-electron chi connectivity index (χ3n) is 2.51. The molecule has 17 heavy (non-hydrogen) atoms. The fraction of sp³-hybridized carbons (Fsp3) is 0.111.